The van der Waals surface area contributed by atoms with E-state index >= 15 is 0 Å². The van der Waals surface area contributed by atoms with Crippen molar-refractivity contribution in [1.82, 2.24) is 0 Å². The average molecular weight is 409 g/mol. The lowest BCUT2D eigenvalue weighted by Crippen LogP contribution is -2.41. The fourth-order valence-corrected chi connectivity index (χ4v) is 3.33. The Kier molecular flexibility index (Phi) is 5.50. The molecular formula is C22H19NO7. The molecule has 8 nitrogen and oxygen atoms in total. The number of hydrogen-bond acceptors (Lipinski definition) is 8. The number of benzene rings is 2. The molecule has 8 heteroatoms. The molecule has 2 heterocycles. The highest BCUT2D eigenvalue weighted by molar-refractivity contribution is 5.90. The van der Waals surface area contributed by atoms with Gasteiger partial charge in [0.2, 0.25) is 0 Å². The van der Waals surface area contributed by atoms with Crippen LogP contribution in [0.2, 0.25) is 0 Å². The van der Waals surface area contributed by atoms with Crippen LogP contribution in [0.1, 0.15) is 27.6 Å². The Hall–Kier alpha value is -3.25. The van der Waals surface area contributed by atoms with E-state index in [1.54, 1.807) is 60.7 Å². The summed E-state index contributed by atoms with van der Waals surface area (Å²) < 4.78 is 27.9. The van der Waals surface area contributed by atoms with E-state index in [-0.39, 0.29) is 6.61 Å². The zero-order valence-corrected chi connectivity index (χ0v) is 16.1. The van der Waals surface area contributed by atoms with Gasteiger partial charge in [0.25, 0.3) is 5.79 Å². The van der Waals surface area contributed by atoms with Crippen LogP contribution in [0.5, 0.6) is 0 Å². The third-order valence-corrected chi connectivity index (χ3v) is 4.81. The number of nitrogens with zero attached hydrogens (tertiary/aromatic N) is 1. The number of nitriles is 1. The zero-order chi connectivity index (χ0) is 21.1. The van der Waals surface area contributed by atoms with Crippen LogP contribution in [0.15, 0.2) is 60.7 Å². The molecule has 0 unspecified atom stereocenters. The predicted octanol–water partition coefficient (Wildman–Crippen LogP) is 2.45. The third kappa shape index (κ3) is 4.04. The van der Waals surface area contributed by atoms with Crippen LogP contribution < -0.4 is 0 Å². The van der Waals surface area contributed by atoms with E-state index in [2.05, 4.69) is 0 Å². The number of carbonyl (C=O) groups is 2. The molecule has 2 aromatic carbocycles. The van der Waals surface area contributed by atoms with Gasteiger partial charge in [-0.3, -0.25) is 0 Å². The van der Waals surface area contributed by atoms with Gasteiger partial charge in [-0.2, -0.15) is 5.26 Å². The predicted molar refractivity (Wildman–Crippen MR) is 101 cm³/mol. The first-order chi connectivity index (χ1) is 14.5. The van der Waals surface area contributed by atoms with Crippen LogP contribution in [0, 0.1) is 11.3 Å². The van der Waals surface area contributed by atoms with E-state index in [1.807, 2.05) is 6.07 Å². The molecular weight excluding hydrogens is 390 g/mol. The van der Waals surface area contributed by atoms with Gasteiger partial charge < -0.3 is 23.7 Å². The normalized spacial score (nSPS) is 29.6. The smallest absolute Gasteiger partial charge is 0.338 e. The maximum absolute atomic E-state index is 12.6. The first-order valence-electron chi connectivity index (χ1n) is 9.40. The van der Waals surface area contributed by atoms with Gasteiger partial charge >= 0.3 is 11.9 Å². The molecule has 0 bridgehead atoms. The Morgan fingerprint density at radius 3 is 2.20 bits per heavy atom. The molecule has 30 heavy (non-hydrogen) atoms. The van der Waals surface area contributed by atoms with E-state index in [1.165, 1.54) is 6.92 Å². The number of fused-ring (bicyclic) bond motifs is 1. The van der Waals surface area contributed by atoms with Crippen molar-refractivity contribution in [1.29, 1.82) is 5.26 Å². The summed E-state index contributed by atoms with van der Waals surface area (Å²) in [6, 6.07) is 18.8. The molecule has 0 N–H and O–H groups in total. The van der Waals surface area contributed by atoms with Gasteiger partial charge in [-0.15, -0.1) is 0 Å². The maximum atomic E-state index is 12.6. The third-order valence-electron chi connectivity index (χ3n) is 4.81. The van der Waals surface area contributed by atoms with Crippen LogP contribution in [0.4, 0.5) is 0 Å². The second-order valence-corrected chi connectivity index (χ2v) is 7.00. The molecule has 0 radical (unpaired) electrons. The van der Waals surface area contributed by atoms with Gasteiger partial charge in [0.05, 0.1) is 11.1 Å². The first kappa shape index (κ1) is 20.0. The molecule has 2 fully saturated rings. The number of ether oxygens (including phenoxy) is 5. The summed E-state index contributed by atoms with van der Waals surface area (Å²) in [6.45, 7) is 1.28. The Morgan fingerprint density at radius 1 is 1.00 bits per heavy atom. The minimum atomic E-state index is -1.52. The molecule has 5 atom stereocenters. The molecule has 0 aliphatic carbocycles. The van der Waals surface area contributed by atoms with E-state index in [4.69, 9.17) is 23.7 Å². The summed E-state index contributed by atoms with van der Waals surface area (Å²) in [5.41, 5.74) is 0.737. The molecule has 4 rings (SSSR count). The van der Waals surface area contributed by atoms with Crippen molar-refractivity contribution < 1.29 is 33.3 Å². The lowest BCUT2D eigenvalue weighted by Gasteiger charge is -2.24. The highest BCUT2D eigenvalue weighted by atomic mass is 16.8. The number of hydrogen-bond donors (Lipinski definition) is 0. The molecule has 154 valence electrons. The molecule has 2 aromatic rings. The molecule has 0 saturated carbocycles. The fraction of sp³-hybridized carbons (Fsp3) is 0.318. The number of rotatable bonds is 5. The van der Waals surface area contributed by atoms with Crippen LogP contribution in [0.25, 0.3) is 0 Å². The van der Waals surface area contributed by atoms with Crippen molar-refractivity contribution in [3.8, 4) is 6.07 Å². The van der Waals surface area contributed by atoms with E-state index < -0.39 is 42.3 Å². The van der Waals surface area contributed by atoms with Crippen LogP contribution in [0.3, 0.4) is 0 Å². The second-order valence-electron chi connectivity index (χ2n) is 7.00. The standard InChI is InChI=1S/C22H19NO7/c1-22(13-23)29-18-17(28-20(25)15-10-6-3-7-11-15)16(27-21(18)30-22)12-26-19(24)14-8-4-2-5-9-14/h2-11,16-18,21H,12H2,1H3/t16-,17+,18-,21-,22+/m1/s1. The summed E-state index contributed by atoms with van der Waals surface area (Å²) in [6.07, 6.45) is -3.50. The Bertz CT molecular complexity index is 958. The number of esters is 2. The topological polar surface area (TPSA) is 104 Å². The Morgan fingerprint density at radius 2 is 1.60 bits per heavy atom. The fourth-order valence-electron chi connectivity index (χ4n) is 3.33. The molecule has 0 spiro atoms. The highest BCUT2D eigenvalue weighted by Gasteiger charge is 2.58. The van der Waals surface area contributed by atoms with Crippen molar-refractivity contribution in [2.75, 3.05) is 6.61 Å². The van der Waals surface area contributed by atoms with Crippen molar-refractivity contribution >= 4 is 11.9 Å². The van der Waals surface area contributed by atoms with Gasteiger partial charge in [0, 0.05) is 6.92 Å². The van der Waals surface area contributed by atoms with Gasteiger partial charge in [-0.05, 0) is 24.3 Å². The maximum Gasteiger partial charge on any atom is 0.338 e. The van der Waals surface area contributed by atoms with Crippen LogP contribution >= 0.6 is 0 Å². The number of carbonyl (C=O) groups excluding carboxylic acids is 2. The minimum Gasteiger partial charge on any atom is -0.459 e. The van der Waals surface area contributed by atoms with Gasteiger partial charge in [0.15, 0.2) is 18.5 Å². The van der Waals surface area contributed by atoms with Crippen LogP contribution in [-0.4, -0.2) is 48.9 Å². The SMILES string of the molecule is C[C@@]1(C#N)O[C@H]2O[C@H](COC(=O)c3ccccc3)[C@H](OC(=O)c3ccccc3)[C@H]2O1. The van der Waals surface area contributed by atoms with E-state index in [0.29, 0.717) is 11.1 Å². The monoisotopic (exact) mass is 409 g/mol. The largest absolute Gasteiger partial charge is 0.459 e. The summed E-state index contributed by atoms with van der Waals surface area (Å²) in [7, 11) is 0. The van der Waals surface area contributed by atoms with Crippen LogP contribution in [-0.2, 0) is 23.7 Å². The van der Waals surface area contributed by atoms with E-state index in [9.17, 15) is 14.9 Å². The summed E-state index contributed by atoms with van der Waals surface area (Å²) in [4.78, 5) is 24.8. The zero-order valence-electron chi connectivity index (χ0n) is 16.1. The van der Waals surface area contributed by atoms with Crippen molar-refractivity contribution in [2.45, 2.75) is 37.3 Å². The lowest BCUT2D eigenvalue weighted by atomic mass is 10.1. The summed E-state index contributed by atoms with van der Waals surface area (Å²) in [5.74, 6) is -2.63. The molecule has 2 saturated heterocycles. The van der Waals surface area contributed by atoms with Gasteiger partial charge in [0.1, 0.15) is 18.8 Å². The van der Waals surface area contributed by atoms with Crippen molar-refractivity contribution in [2.24, 2.45) is 0 Å². The molecule has 2 aliphatic heterocycles. The first-order valence-corrected chi connectivity index (χ1v) is 9.40. The second kappa shape index (κ2) is 8.24. The quantitative estimate of drug-likeness (QED) is 0.694. The lowest BCUT2D eigenvalue weighted by molar-refractivity contribution is -0.200. The van der Waals surface area contributed by atoms with E-state index in [0.717, 1.165) is 0 Å². The van der Waals surface area contributed by atoms with Crippen molar-refractivity contribution in [3.05, 3.63) is 71.8 Å². The summed E-state index contributed by atoms with van der Waals surface area (Å²) >= 11 is 0. The Balaban J connectivity index is 1.48. The van der Waals surface area contributed by atoms with Gasteiger partial charge in [-0.25, -0.2) is 9.59 Å². The molecule has 0 aromatic heterocycles. The average Bonchev–Trinajstić information content (AvgIpc) is 3.27. The van der Waals surface area contributed by atoms with Gasteiger partial charge in [-0.1, -0.05) is 36.4 Å². The summed E-state index contributed by atoms with van der Waals surface area (Å²) in [5, 5.41) is 9.26. The molecule has 2 aliphatic rings. The molecule has 0 amide bonds. The highest BCUT2D eigenvalue weighted by Crippen LogP contribution is 2.39. The minimum absolute atomic E-state index is 0.177. The van der Waals surface area contributed by atoms with Crippen molar-refractivity contribution in [3.63, 3.8) is 0 Å². The Labute approximate surface area is 172 Å².